The number of aliphatic carboxylic acids is 1. The van der Waals surface area contributed by atoms with Crippen LogP contribution in [0, 0.1) is 5.82 Å². The fraction of sp³-hybridized carbons (Fsp3) is 0.200. The summed E-state index contributed by atoms with van der Waals surface area (Å²) >= 11 is 0. The molecule has 0 fully saturated rings. The highest BCUT2D eigenvalue weighted by Gasteiger charge is 2.18. The molecule has 0 saturated heterocycles. The van der Waals surface area contributed by atoms with Gasteiger partial charge in [0.25, 0.3) is 0 Å². The second-order valence-corrected chi connectivity index (χ2v) is 3.15. The number of hydrogen-bond donors (Lipinski definition) is 4. The first-order valence-corrected chi connectivity index (χ1v) is 4.70. The summed E-state index contributed by atoms with van der Waals surface area (Å²) in [5.74, 6) is -2.02. The molecule has 0 unspecified atom stereocenters. The highest BCUT2D eigenvalue weighted by Crippen LogP contribution is 2.11. The standard InChI is InChI=1S/C10H11FN2O4/c11-6-3-1-2-4-7(6)12-10(17)13-8(5-14)9(15)16/h1-4,8,14H,5H2,(H,15,16)(H2,12,13,17)/t8-/m0/s1. The van der Waals surface area contributed by atoms with E-state index in [9.17, 15) is 14.0 Å². The molecule has 1 rings (SSSR count). The van der Waals surface area contributed by atoms with Gasteiger partial charge in [-0.3, -0.25) is 0 Å². The van der Waals surface area contributed by atoms with Crippen molar-refractivity contribution in [3.05, 3.63) is 30.1 Å². The van der Waals surface area contributed by atoms with Gasteiger partial charge in [-0.1, -0.05) is 12.1 Å². The third-order valence-corrected chi connectivity index (χ3v) is 1.91. The number of para-hydroxylation sites is 1. The van der Waals surface area contributed by atoms with Crippen LogP contribution in [-0.4, -0.2) is 34.9 Å². The number of aliphatic hydroxyl groups is 1. The van der Waals surface area contributed by atoms with E-state index in [-0.39, 0.29) is 5.69 Å². The molecule has 0 spiro atoms. The molecular formula is C10H11FN2O4. The third kappa shape index (κ3) is 3.72. The number of carbonyl (C=O) groups is 2. The van der Waals surface area contributed by atoms with E-state index in [1.807, 2.05) is 5.32 Å². The number of hydrogen-bond acceptors (Lipinski definition) is 3. The highest BCUT2D eigenvalue weighted by atomic mass is 19.1. The average Bonchev–Trinajstić information content (AvgIpc) is 2.28. The van der Waals surface area contributed by atoms with Gasteiger partial charge in [0, 0.05) is 0 Å². The van der Waals surface area contributed by atoms with E-state index in [0.717, 1.165) is 6.07 Å². The van der Waals surface area contributed by atoms with Gasteiger partial charge < -0.3 is 20.8 Å². The molecule has 0 aliphatic heterocycles. The Morgan fingerprint density at radius 3 is 2.53 bits per heavy atom. The van der Waals surface area contributed by atoms with Crippen LogP contribution in [0.25, 0.3) is 0 Å². The number of aliphatic hydroxyl groups excluding tert-OH is 1. The second kappa shape index (κ2) is 5.80. The molecule has 0 aromatic heterocycles. The molecule has 1 aromatic rings. The van der Waals surface area contributed by atoms with Crippen LogP contribution in [0.2, 0.25) is 0 Å². The van der Waals surface area contributed by atoms with Gasteiger partial charge in [0.2, 0.25) is 0 Å². The lowest BCUT2D eigenvalue weighted by atomic mass is 10.3. The number of carboxylic acids is 1. The Hall–Kier alpha value is -2.15. The molecule has 4 N–H and O–H groups in total. The zero-order valence-corrected chi connectivity index (χ0v) is 8.68. The molecule has 0 saturated carbocycles. The number of rotatable bonds is 4. The van der Waals surface area contributed by atoms with Crippen LogP contribution in [0.5, 0.6) is 0 Å². The van der Waals surface area contributed by atoms with Crippen LogP contribution in [0.15, 0.2) is 24.3 Å². The first kappa shape index (κ1) is 12.9. The Kier molecular flexibility index (Phi) is 4.41. The highest BCUT2D eigenvalue weighted by molar-refractivity contribution is 5.92. The number of carbonyl (C=O) groups excluding carboxylic acids is 1. The molecule has 0 heterocycles. The first-order chi connectivity index (χ1) is 8.04. The van der Waals surface area contributed by atoms with Gasteiger partial charge in [0.15, 0.2) is 6.04 Å². The normalized spacial score (nSPS) is 11.6. The summed E-state index contributed by atoms with van der Waals surface area (Å²) in [6.07, 6.45) is 0. The lowest BCUT2D eigenvalue weighted by Gasteiger charge is -2.12. The molecule has 0 bridgehead atoms. The van der Waals surface area contributed by atoms with Crippen molar-refractivity contribution in [1.29, 1.82) is 0 Å². The van der Waals surface area contributed by atoms with Crippen LogP contribution in [0.1, 0.15) is 0 Å². The zero-order chi connectivity index (χ0) is 12.8. The summed E-state index contributed by atoms with van der Waals surface area (Å²) in [5.41, 5.74) is -0.0768. The van der Waals surface area contributed by atoms with Crippen LogP contribution >= 0.6 is 0 Å². The Morgan fingerprint density at radius 1 is 1.35 bits per heavy atom. The maximum atomic E-state index is 13.1. The summed E-state index contributed by atoms with van der Waals surface area (Å²) < 4.78 is 13.1. The maximum Gasteiger partial charge on any atom is 0.328 e. The maximum absolute atomic E-state index is 13.1. The molecule has 0 radical (unpaired) electrons. The van der Waals surface area contributed by atoms with Gasteiger partial charge in [-0.2, -0.15) is 0 Å². The minimum Gasteiger partial charge on any atom is -0.480 e. The summed E-state index contributed by atoms with van der Waals surface area (Å²) in [6, 6.07) is 3.10. The fourth-order valence-electron chi connectivity index (χ4n) is 1.06. The van der Waals surface area contributed by atoms with Crippen molar-refractivity contribution in [3.8, 4) is 0 Å². The van der Waals surface area contributed by atoms with Crippen molar-refractivity contribution in [2.45, 2.75) is 6.04 Å². The average molecular weight is 242 g/mol. The molecule has 92 valence electrons. The van der Waals surface area contributed by atoms with Crippen LogP contribution in [0.4, 0.5) is 14.9 Å². The minimum atomic E-state index is -1.43. The van der Waals surface area contributed by atoms with Gasteiger partial charge in [-0.15, -0.1) is 0 Å². The monoisotopic (exact) mass is 242 g/mol. The number of benzene rings is 1. The number of urea groups is 1. The lowest BCUT2D eigenvalue weighted by Crippen LogP contribution is -2.45. The molecule has 0 aliphatic carbocycles. The lowest BCUT2D eigenvalue weighted by molar-refractivity contribution is -0.140. The van der Waals surface area contributed by atoms with Crippen molar-refractivity contribution in [1.82, 2.24) is 5.32 Å². The molecule has 6 nitrogen and oxygen atoms in total. The number of anilines is 1. The minimum absolute atomic E-state index is 0.0768. The van der Waals surface area contributed by atoms with Gasteiger partial charge in [0.1, 0.15) is 5.82 Å². The summed E-state index contributed by atoms with van der Waals surface area (Å²) in [4.78, 5) is 21.8. The summed E-state index contributed by atoms with van der Waals surface area (Å²) in [5, 5.41) is 21.3. The summed E-state index contributed by atoms with van der Waals surface area (Å²) in [7, 11) is 0. The Labute approximate surface area is 96.1 Å². The molecule has 0 aliphatic rings. The van der Waals surface area contributed by atoms with E-state index >= 15 is 0 Å². The van der Waals surface area contributed by atoms with E-state index in [4.69, 9.17) is 10.2 Å². The predicted octanol–water partition coefficient (Wildman–Crippen LogP) is 0.393. The number of nitrogens with one attached hydrogen (secondary N) is 2. The Morgan fingerprint density at radius 2 is 2.00 bits per heavy atom. The van der Waals surface area contributed by atoms with Crippen molar-refractivity contribution >= 4 is 17.7 Å². The van der Waals surface area contributed by atoms with E-state index in [1.54, 1.807) is 0 Å². The van der Waals surface area contributed by atoms with Gasteiger partial charge in [-0.05, 0) is 12.1 Å². The Balaban J connectivity index is 2.61. The van der Waals surface area contributed by atoms with Crippen LogP contribution in [0.3, 0.4) is 0 Å². The second-order valence-electron chi connectivity index (χ2n) is 3.15. The smallest absolute Gasteiger partial charge is 0.328 e. The Bertz CT molecular complexity index is 425. The molecular weight excluding hydrogens is 231 g/mol. The molecule has 1 aromatic carbocycles. The van der Waals surface area contributed by atoms with Crippen molar-refractivity contribution in [2.24, 2.45) is 0 Å². The van der Waals surface area contributed by atoms with Crippen LogP contribution in [-0.2, 0) is 4.79 Å². The van der Waals surface area contributed by atoms with Gasteiger partial charge in [0.05, 0.1) is 12.3 Å². The largest absolute Gasteiger partial charge is 0.480 e. The quantitative estimate of drug-likeness (QED) is 0.614. The number of amides is 2. The van der Waals surface area contributed by atoms with E-state index in [1.165, 1.54) is 18.2 Å². The topological polar surface area (TPSA) is 98.7 Å². The molecule has 7 heteroatoms. The van der Waals surface area contributed by atoms with E-state index < -0.39 is 30.5 Å². The fourth-order valence-corrected chi connectivity index (χ4v) is 1.06. The van der Waals surface area contributed by atoms with Crippen molar-refractivity contribution in [3.63, 3.8) is 0 Å². The van der Waals surface area contributed by atoms with Crippen molar-refractivity contribution < 1.29 is 24.2 Å². The SMILES string of the molecule is O=C(Nc1ccccc1F)N[C@@H](CO)C(=O)O. The van der Waals surface area contributed by atoms with E-state index in [2.05, 4.69) is 5.32 Å². The summed E-state index contributed by atoms with van der Waals surface area (Å²) in [6.45, 7) is -0.750. The third-order valence-electron chi connectivity index (χ3n) is 1.91. The number of carboxylic acid groups (broad SMARTS) is 1. The molecule has 17 heavy (non-hydrogen) atoms. The van der Waals surface area contributed by atoms with Gasteiger partial charge >= 0.3 is 12.0 Å². The predicted molar refractivity (Wildman–Crippen MR) is 57.1 cm³/mol. The molecule has 2 amide bonds. The van der Waals surface area contributed by atoms with Crippen LogP contribution < -0.4 is 10.6 Å². The molecule has 1 atom stereocenters. The van der Waals surface area contributed by atoms with Gasteiger partial charge in [-0.25, -0.2) is 14.0 Å². The van der Waals surface area contributed by atoms with E-state index in [0.29, 0.717) is 0 Å². The number of halogens is 1. The van der Waals surface area contributed by atoms with Crippen molar-refractivity contribution in [2.75, 3.05) is 11.9 Å². The zero-order valence-electron chi connectivity index (χ0n) is 8.68. The first-order valence-electron chi connectivity index (χ1n) is 4.70.